The molecule has 1 fully saturated rings. The molecule has 0 bridgehead atoms. The lowest BCUT2D eigenvalue weighted by atomic mass is 10.1. The minimum atomic E-state index is -4.44. The van der Waals surface area contributed by atoms with Crippen LogP contribution in [0.4, 0.5) is 13.2 Å². The first kappa shape index (κ1) is 25.2. The van der Waals surface area contributed by atoms with E-state index in [2.05, 4.69) is 15.6 Å². The van der Waals surface area contributed by atoms with Crippen LogP contribution in [-0.2, 0) is 15.7 Å². The zero-order valence-corrected chi connectivity index (χ0v) is 17.8. The molecule has 1 saturated heterocycles. The van der Waals surface area contributed by atoms with Gasteiger partial charge in [-0.15, -0.1) is 0 Å². The molecule has 2 unspecified atom stereocenters. The van der Waals surface area contributed by atoms with Gasteiger partial charge < -0.3 is 30.0 Å². The van der Waals surface area contributed by atoms with Gasteiger partial charge in [-0.25, -0.2) is 0 Å². The number of aliphatic imine (C=N–C) groups is 1. The Hall–Kier alpha value is -2.04. The molecule has 0 saturated carbocycles. The van der Waals surface area contributed by atoms with Gasteiger partial charge in [0.05, 0.1) is 25.3 Å². The van der Waals surface area contributed by atoms with E-state index in [1.54, 1.807) is 0 Å². The maximum absolute atomic E-state index is 12.7. The van der Waals surface area contributed by atoms with Crippen LogP contribution in [0.2, 0.25) is 0 Å². The van der Waals surface area contributed by atoms with Crippen LogP contribution in [0.5, 0.6) is 5.75 Å². The van der Waals surface area contributed by atoms with E-state index in [0.29, 0.717) is 38.2 Å². The number of aliphatic hydroxyl groups is 1. The van der Waals surface area contributed by atoms with E-state index >= 15 is 0 Å². The zero-order chi connectivity index (χ0) is 22.5. The molecule has 1 aliphatic rings. The van der Waals surface area contributed by atoms with Crippen molar-refractivity contribution in [3.63, 3.8) is 0 Å². The maximum Gasteiger partial charge on any atom is 0.416 e. The van der Waals surface area contributed by atoms with Crippen LogP contribution in [0.1, 0.15) is 25.3 Å². The van der Waals surface area contributed by atoms with Gasteiger partial charge in [0.25, 0.3) is 0 Å². The smallest absolute Gasteiger partial charge is 0.416 e. The van der Waals surface area contributed by atoms with Crippen LogP contribution in [0.25, 0.3) is 0 Å². The Labute approximate surface area is 181 Å². The van der Waals surface area contributed by atoms with Gasteiger partial charge in [0, 0.05) is 32.2 Å². The van der Waals surface area contributed by atoms with Crippen molar-refractivity contribution in [2.45, 2.75) is 32.0 Å². The number of hydrogen-bond acceptors (Lipinski definition) is 5. The molecule has 2 rings (SSSR count). The largest absolute Gasteiger partial charge is 0.491 e. The summed E-state index contributed by atoms with van der Waals surface area (Å²) in [6.45, 7) is 6.06. The van der Waals surface area contributed by atoms with Crippen LogP contribution in [0.15, 0.2) is 29.3 Å². The molecule has 10 heteroatoms. The number of aliphatic hydroxyl groups excluding tert-OH is 1. The number of ether oxygens (including phenoxy) is 3. The average Bonchev–Trinajstić information content (AvgIpc) is 3.26. The van der Waals surface area contributed by atoms with Crippen molar-refractivity contribution in [3.05, 3.63) is 29.8 Å². The van der Waals surface area contributed by atoms with Crippen LogP contribution in [0.3, 0.4) is 0 Å². The first-order valence-corrected chi connectivity index (χ1v) is 10.5. The number of hydrogen-bond donors (Lipinski definition) is 3. The highest BCUT2D eigenvalue weighted by Gasteiger charge is 2.30. The standard InChI is InChI=1S/C21H32F3N3O4/c1-2-25-20(26-8-4-9-29-13-16-7-10-30-14-16)27-12-18(28)15-31-19-6-3-5-17(11-19)21(22,23)24/h3,5-6,11,16,18,28H,2,4,7-10,12-15H2,1H3,(H2,25,26,27). The van der Waals surface area contributed by atoms with Crippen molar-refractivity contribution in [1.29, 1.82) is 0 Å². The van der Waals surface area contributed by atoms with E-state index in [-0.39, 0.29) is 18.9 Å². The number of rotatable bonds is 12. The van der Waals surface area contributed by atoms with E-state index in [9.17, 15) is 18.3 Å². The second-order valence-corrected chi connectivity index (χ2v) is 7.29. The minimum Gasteiger partial charge on any atom is -0.491 e. The molecule has 3 N–H and O–H groups in total. The Morgan fingerprint density at radius 3 is 2.90 bits per heavy atom. The van der Waals surface area contributed by atoms with Crippen molar-refractivity contribution in [2.24, 2.45) is 10.9 Å². The van der Waals surface area contributed by atoms with Crippen LogP contribution >= 0.6 is 0 Å². The lowest BCUT2D eigenvalue weighted by molar-refractivity contribution is -0.137. The number of benzene rings is 1. The molecular formula is C21H32F3N3O4. The van der Waals surface area contributed by atoms with Crippen molar-refractivity contribution in [2.75, 3.05) is 52.7 Å². The molecule has 1 heterocycles. The van der Waals surface area contributed by atoms with Gasteiger partial charge in [-0.1, -0.05) is 6.07 Å². The quantitative estimate of drug-likeness (QED) is 0.259. The Bertz CT molecular complexity index is 668. The van der Waals surface area contributed by atoms with Gasteiger partial charge in [0.1, 0.15) is 18.5 Å². The summed E-state index contributed by atoms with van der Waals surface area (Å²) < 4.78 is 54.5. The summed E-state index contributed by atoms with van der Waals surface area (Å²) in [4.78, 5) is 4.29. The number of nitrogens with zero attached hydrogens (tertiary/aromatic N) is 1. The zero-order valence-electron chi connectivity index (χ0n) is 17.8. The fourth-order valence-electron chi connectivity index (χ4n) is 2.89. The van der Waals surface area contributed by atoms with Gasteiger partial charge in [-0.05, 0) is 38.0 Å². The molecule has 0 radical (unpaired) electrons. The monoisotopic (exact) mass is 447 g/mol. The van der Waals surface area contributed by atoms with Gasteiger partial charge in [-0.2, -0.15) is 13.2 Å². The predicted molar refractivity (Wildman–Crippen MR) is 111 cm³/mol. The molecule has 1 aliphatic heterocycles. The highest BCUT2D eigenvalue weighted by Crippen LogP contribution is 2.31. The lowest BCUT2D eigenvalue weighted by Crippen LogP contribution is -2.39. The normalized spacial score (nSPS) is 18.1. The summed E-state index contributed by atoms with van der Waals surface area (Å²) in [5.74, 6) is 1.09. The molecule has 1 aromatic rings. The second kappa shape index (κ2) is 13.4. The highest BCUT2D eigenvalue weighted by atomic mass is 19.4. The predicted octanol–water partition coefficient (Wildman–Crippen LogP) is 2.44. The van der Waals surface area contributed by atoms with E-state index < -0.39 is 17.8 Å². The van der Waals surface area contributed by atoms with Crippen LogP contribution < -0.4 is 15.4 Å². The molecular weight excluding hydrogens is 415 g/mol. The summed E-state index contributed by atoms with van der Waals surface area (Å²) in [5.41, 5.74) is -0.795. The average molecular weight is 447 g/mol. The van der Waals surface area contributed by atoms with Crippen LogP contribution in [0, 0.1) is 5.92 Å². The summed E-state index contributed by atoms with van der Waals surface area (Å²) in [5, 5.41) is 16.3. The molecule has 0 aliphatic carbocycles. The second-order valence-electron chi connectivity index (χ2n) is 7.29. The number of nitrogens with one attached hydrogen (secondary N) is 2. The van der Waals surface area contributed by atoms with Gasteiger partial charge in [0.2, 0.25) is 0 Å². The number of halogens is 3. The minimum absolute atomic E-state index is 0.0481. The molecule has 31 heavy (non-hydrogen) atoms. The molecule has 0 aromatic heterocycles. The van der Waals surface area contributed by atoms with E-state index in [1.807, 2.05) is 6.92 Å². The molecule has 1 aromatic carbocycles. The molecule has 176 valence electrons. The fourth-order valence-corrected chi connectivity index (χ4v) is 2.89. The SMILES string of the molecule is CCNC(=NCC(O)COc1cccc(C(F)(F)F)c1)NCCCOCC1CCOC1. The number of guanidine groups is 1. The summed E-state index contributed by atoms with van der Waals surface area (Å²) in [7, 11) is 0. The van der Waals surface area contributed by atoms with Crippen LogP contribution in [-0.4, -0.2) is 69.8 Å². The molecule has 0 amide bonds. The van der Waals surface area contributed by atoms with Crippen molar-refractivity contribution in [1.82, 2.24) is 10.6 Å². The van der Waals surface area contributed by atoms with Gasteiger partial charge >= 0.3 is 6.18 Å². The Kier molecular flexibility index (Phi) is 10.9. The Morgan fingerprint density at radius 1 is 1.35 bits per heavy atom. The van der Waals surface area contributed by atoms with Crippen molar-refractivity contribution < 1.29 is 32.5 Å². The topological polar surface area (TPSA) is 84.3 Å². The summed E-state index contributed by atoms with van der Waals surface area (Å²) in [6, 6.07) is 4.55. The van der Waals surface area contributed by atoms with Crippen molar-refractivity contribution in [3.8, 4) is 5.75 Å². The fraction of sp³-hybridized carbons (Fsp3) is 0.667. The van der Waals surface area contributed by atoms with E-state index in [0.717, 1.165) is 38.2 Å². The third-order valence-corrected chi connectivity index (χ3v) is 4.54. The highest BCUT2D eigenvalue weighted by molar-refractivity contribution is 5.79. The molecule has 0 spiro atoms. The third-order valence-electron chi connectivity index (χ3n) is 4.54. The Morgan fingerprint density at radius 2 is 2.19 bits per heavy atom. The molecule has 7 nitrogen and oxygen atoms in total. The third kappa shape index (κ3) is 10.2. The van der Waals surface area contributed by atoms with E-state index in [1.165, 1.54) is 12.1 Å². The van der Waals surface area contributed by atoms with Gasteiger partial charge in [-0.3, -0.25) is 4.99 Å². The number of alkyl halides is 3. The Balaban J connectivity index is 1.66. The summed E-state index contributed by atoms with van der Waals surface area (Å²) in [6.07, 6.45) is -3.54. The first-order valence-electron chi connectivity index (χ1n) is 10.5. The van der Waals surface area contributed by atoms with Gasteiger partial charge in [0.15, 0.2) is 5.96 Å². The van der Waals surface area contributed by atoms with Crippen molar-refractivity contribution >= 4 is 5.96 Å². The summed E-state index contributed by atoms with van der Waals surface area (Å²) >= 11 is 0. The molecule has 2 atom stereocenters. The van der Waals surface area contributed by atoms with E-state index in [4.69, 9.17) is 14.2 Å². The lowest BCUT2D eigenvalue weighted by Gasteiger charge is -2.15. The first-order chi connectivity index (χ1) is 14.9. The maximum atomic E-state index is 12.7.